The average Bonchev–Trinajstić information content (AvgIpc) is 3.29. The molecule has 5 nitrogen and oxygen atoms in total. The zero-order valence-corrected chi connectivity index (χ0v) is 20.5. The number of anilines is 1. The van der Waals surface area contributed by atoms with Crippen molar-refractivity contribution in [3.8, 4) is 0 Å². The molecule has 1 amide bonds. The summed E-state index contributed by atoms with van der Waals surface area (Å²) in [5, 5.41) is 0. The molecule has 2 fully saturated rings. The van der Waals surface area contributed by atoms with Crippen molar-refractivity contribution in [2.24, 2.45) is 0 Å². The van der Waals surface area contributed by atoms with Crippen LogP contribution in [0.4, 0.5) is 5.69 Å². The van der Waals surface area contributed by atoms with Crippen molar-refractivity contribution in [3.05, 3.63) is 58.7 Å². The summed E-state index contributed by atoms with van der Waals surface area (Å²) in [6.07, 6.45) is 2.38. The normalized spacial score (nSPS) is 18.8. The fourth-order valence-corrected chi connectivity index (χ4v) is 7.71. The standard InChI is InChI=1S/C26H34N2O3S/c1-19-10-11-21(3)24(18-19)32(30,31)26(12-5-6-13-26)25(29)28-16-14-27(15-17-28)23-9-7-8-20(2)22(23)4/h7-11,18H,5-6,12-17H2,1-4H3. The van der Waals surface area contributed by atoms with Crippen LogP contribution < -0.4 is 4.90 Å². The Balaban J connectivity index is 1.60. The van der Waals surface area contributed by atoms with Gasteiger partial charge in [-0.1, -0.05) is 37.1 Å². The number of benzene rings is 2. The van der Waals surface area contributed by atoms with E-state index >= 15 is 0 Å². The molecule has 0 radical (unpaired) electrons. The third-order valence-corrected chi connectivity index (χ3v) is 10.1. The van der Waals surface area contributed by atoms with Crippen molar-refractivity contribution in [3.63, 3.8) is 0 Å². The van der Waals surface area contributed by atoms with Gasteiger partial charge in [-0.2, -0.15) is 0 Å². The molecule has 0 spiro atoms. The van der Waals surface area contributed by atoms with Crippen LogP contribution in [0.2, 0.25) is 0 Å². The summed E-state index contributed by atoms with van der Waals surface area (Å²) in [6, 6.07) is 11.8. The molecule has 0 atom stereocenters. The van der Waals surface area contributed by atoms with Crippen LogP contribution in [0.5, 0.6) is 0 Å². The molecule has 1 saturated heterocycles. The lowest BCUT2D eigenvalue weighted by molar-refractivity contribution is -0.134. The van der Waals surface area contributed by atoms with E-state index in [1.165, 1.54) is 16.8 Å². The molecule has 2 aromatic carbocycles. The zero-order chi connectivity index (χ0) is 23.1. The van der Waals surface area contributed by atoms with Crippen molar-refractivity contribution in [2.75, 3.05) is 31.1 Å². The number of carbonyl (C=O) groups is 1. The van der Waals surface area contributed by atoms with Gasteiger partial charge in [0.15, 0.2) is 14.6 Å². The molecule has 2 aromatic rings. The van der Waals surface area contributed by atoms with Gasteiger partial charge in [0.2, 0.25) is 5.91 Å². The Labute approximate surface area is 192 Å². The molecule has 0 aromatic heterocycles. The molecule has 32 heavy (non-hydrogen) atoms. The highest BCUT2D eigenvalue weighted by Crippen LogP contribution is 2.43. The lowest BCUT2D eigenvalue weighted by Gasteiger charge is -2.40. The van der Waals surface area contributed by atoms with Gasteiger partial charge in [-0.3, -0.25) is 4.79 Å². The van der Waals surface area contributed by atoms with Crippen LogP contribution in [0.15, 0.2) is 41.3 Å². The van der Waals surface area contributed by atoms with Gasteiger partial charge < -0.3 is 9.80 Å². The van der Waals surface area contributed by atoms with Gasteiger partial charge >= 0.3 is 0 Å². The van der Waals surface area contributed by atoms with Gasteiger partial charge in [0.1, 0.15) is 0 Å². The summed E-state index contributed by atoms with van der Waals surface area (Å²) in [4.78, 5) is 18.3. The van der Waals surface area contributed by atoms with E-state index in [0.717, 1.165) is 37.1 Å². The van der Waals surface area contributed by atoms with Crippen LogP contribution in [-0.4, -0.2) is 50.2 Å². The highest BCUT2D eigenvalue weighted by Gasteiger charge is 2.55. The van der Waals surface area contributed by atoms with Gasteiger partial charge in [0.05, 0.1) is 4.90 Å². The Hall–Kier alpha value is -2.34. The number of amides is 1. The van der Waals surface area contributed by atoms with E-state index in [9.17, 15) is 13.2 Å². The highest BCUT2D eigenvalue weighted by atomic mass is 32.2. The maximum atomic E-state index is 13.9. The maximum absolute atomic E-state index is 13.9. The van der Waals surface area contributed by atoms with Crippen molar-refractivity contribution in [2.45, 2.75) is 63.0 Å². The molecule has 6 heteroatoms. The summed E-state index contributed by atoms with van der Waals surface area (Å²) in [5.74, 6) is -0.198. The SMILES string of the molecule is Cc1ccc(C)c(S(=O)(=O)C2(C(=O)N3CCN(c4cccc(C)c4C)CC3)CCCC2)c1. The zero-order valence-electron chi connectivity index (χ0n) is 19.6. The summed E-state index contributed by atoms with van der Waals surface area (Å²) in [6.45, 7) is 10.5. The second kappa shape index (κ2) is 8.54. The van der Waals surface area contributed by atoms with Crippen molar-refractivity contribution in [1.29, 1.82) is 0 Å². The smallest absolute Gasteiger partial charge is 0.244 e. The summed E-state index contributed by atoms with van der Waals surface area (Å²) >= 11 is 0. The fraction of sp³-hybridized carbons (Fsp3) is 0.500. The predicted octanol–water partition coefficient (Wildman–Crippen LogP) is 4.36. The molecular formula is C26H34N2O3S. The van der Waals surface area contributed by atoms with Crippen molar-refractivity contribution in [1.82, 2.24) is 4.90 Å². The van der Waals surface area contributed by atoms with Gasteiger partial charge in [0.25, 0.3) is 0 Å². The van der Waals surface area contributed by atoms with Crippen molar-refractivity contribution >= 4 is 21.4 Å². The summed E-state index contributed by atoms with van der Waals surface area (Å²) in [7, 11) is -3.78. The minimum absolute atomic E-state index is 0.198. The predicted molar refractivity (Wildman–Crippen MR) is 129 cm³/mol. The molecule has 1 aliphatic carbocycles. The molecule has 172 valence electrons. The molecule has 1 aliphatic heterocycles. The number of sulfone groups is 1. The molecule has 0 N–H and O–H groups in total. The molecule has 0 bridgehead atoms. The minimum Gasteiger partial charge on any atom is -0.368 e. The average molecular weight is 455 g/mol. The monoisotopic (exact) mass is 454 g/mol. The first-order chi connectivity index (χ1) is 15.2. The van der Waals surface area contributed by atoms with Gasteiger partial charge in [-0.25, -0.2) is 8.42 Å². The fourth-order valence-electron chi connectivity index (χ4n) is 5.27. The minimum atomic E-state index is -3.78. The number of carbonyl (C=O) groups excluding carboxylic acids is 1. The number of aryl methyl sites for hydroxylation is 3. The van der Waals surface area contributed by atoms with Crippen LogP contribution >= 0.6 is 0 Å². The number of hydrogen-bond acceptors (Lipinski definition) is 4. The van der Waals surface area contributed by atoms with Crippen LogP contribution in [0.25, 0.3) is 0 Å². The molecule has 1 saturated carbocycles. The number of nitrogens with zero attached hydrogens (tertiary/aromatic N) is 2. The Morgan fingerprint density at radius 2 is 1.53 bits per heavy atom. The first-order valence-corrected chi connectivity index (χ1v) is 13.1. The Morgan fingerprint density at radius 1 is 0.875 bits per heavy atom. The highest BCUT2D eigenvalue weighted by molar-refractivity contribution is 7.93. The van der Waals surface area contributed by atoms with Crippen LogP contribution in [0.3, 0.4) is 0 Å². The maximum Gasteiger partial charge on any atom is 0.244 e. The number of hydrogen-bond donors (Lipinski definition) is 0. The Morgan fingerprint density at radius 3 is 2.19 bits per heavy atom. The van der Waals surface area contributed by atoms with Crippen LogP contribution in [0, 0.1) is 27.7 Å². The first kappa shape index (κ1) is 22.8. The second-order valence-corrected chi connectivity index (χ2v) is 11.7. The third kappa shape index (κ3) is 3.72. The van der Waals surface area contributed by atoms with E-state index in [2.05, 4.69) is 36.9 Å². The summed E-state index contributed by atoms with van der Waals surface area (Å²) < 4.78 is 26.5. The van der Waals surface area contributed by atoms with Crippen molar-refractivity contribution < 1.29 is 13.2 Å². The van der Waals surface area contributed by atoms with E-state index in [0.29, 0.717) is 30.8 Å². The van der Waals surface area contributed by atoms with E-state index in [1.54, 1.807) is 11.0 Å². The number of piperazine rings is 1. The largest absolute Gasteiger partial charge is 0.368 e. The van der Waals surface area contributed by atoms with Gasteiger partial charge in [-0.15, -0.1) is 0 Å². The van der Waals surface area contributed by atoms with Gasteiger partial charge in [0, 0.05) is 31.9 Å². The lowest BCUT2D eigenvalue weighted by Crippen LogP contribution is -2.57. The van der Waals surface area contributed by atoms with E-state index in [-0.39, 0.29) is 5.91 Å². The number of rotatable bonds is 4. The Kier molecular flexibility index (Phi) is 6.10. The van der Waals surface area contributed by atoms with Gasteiger partial charge in [-0.05, 0) is 74.9 Å². The lowest BCUT2D eigenvalue weighted by atomic mass is 10.0. The second-order valence-electron chi connectivity index (χ2n) is 9.47. The molecule has 1 heterocycles. The third-order valence-electron chi connectivity index (χ3n) is 7.43. The molecule has 0 unspecified atom stereocenters. The molecule has 4 rings (SSSR count). The van der Waals surface area contributed by atoms with E-state index in [1.807, 2.05) is 26.0 Å². The van der Waals surface area contributed by atoms with Crippen LogP contribution in [-0.2, 0) is 14.6 Å². The van der Waals surface area contributed by atoms with E-state index < -0.39 is 14.6 Å². The van der Waals surface area contributed by atoms with Crippen LogP contribution in [0.1, 0.15) is 47.9 Å². The Bertz CT molecular complexity index is 1130. The molecular weight excluding hydrogens is 420 g/mol. The summed E-state index contributed by atoms with van der Waals surface area (Å²) in [5.41, 5.74) is 5.34. The molecule has 2 aliphatic rings. The quantitative estimate of drug-likeness (QED) is 0.689. The van der Waals surface area contributed by atoms with E-state index in [4.69, 9.17) is 0 Å². The topological polar surface area (TPSA) is 57.7 Å². The first-order valence-electron chi connectivity index (χ1n) is 11.6.